The topological polar surface area (TPSA) is 81.3 Å². The molecule has 0 atom stereocenters. The van der Waals surface area contributed by atoms with Crippen molar-refractivity contribution in [1.82, 2.24) is 9.97 Å². The minimum atomic E-state index is -0.334. The lowest BCUT2D eigenvalue weighted by Crippen LogP contribution is -2.11. The van der Waals surface area contributed by atoms with Crippen LogP contribution in [0.15, 0.2) is 70.6 Å². The maximum Gasteiger partial charge on any atom is 0.338 e. The lowest BCUT2D eigenvalue weighted by molar-refractivity contribution is 0.0526. The number of carbonyl (C=O) groups excluding carboxylic acids is 1. The molecule has 1 heterocycles. The van der Waals surface area contributed by atoms with E-state index in [0.717, 1.165) is 11.3 Å². The summed E-state index contributed by atoms with van der Waals surface area (Å²) in [5, 5.41) is 0.522. The van der Waals surface area contributed by atoms with Crippen molar-refractivity contribution in [2.75, 3.05) is 6.61 Å². The highest BCUT2D eigenvalue weighted by molar-refractivity contribution is 7.98. The summed E-state index contributed by atoms with van der Waals surface area (Å²) >= 11 is 1.41. The van der Waals surface area contributed by atoms with Crippen LogP contribution in [-0.4, -0.2) is 22.5 Å². The molecule has 0 unspecified atom stereocenters. The van der Waals surface area contributed by atoms with Crippen LogP contribution >= 0.6 is 11.8 Å². The highest BCUT2D eigenvalue weighted by atomic mass is 32.2. The van der Waals surface area contributed by atoms with E-state index in [1.165, 1.54) is 17.8 Å². The number of esters is 1. The van der Waals surface area contributed by atoms with Gasteiger partial charge in [0.05, 0.1) is 17.9 Å². The number of thioether (sulfide) groups is 1. The standard InChI is InChI=1S/C21H20N2O4S/c1-2-26-20(25)16-10-8-15(9-11-16)14-28-21-22-17(12-19(24)23-21)13-27-18-6-4-3-5-7-18/h3-12H,2,13-14H2,1H3,(H,22,23,24). The number of nitrogens with zero attached hydrogens (tertiary/aromatic N) is 1. The van der Waals surface area contributed by atoms with Crippen molar-refractivity contribution in [2.45, 2.75) is 24.4 Å². The fraction of sp³-hybridized carbons (Fsp3) is 0.190. The van der Waals surface area contributed by atoms with Crippen molar-refractivity contribution >= 4 is 17.7 Å². The number of para-hydroxylation sites is 1. The zero-order chi connectivity index (χ0) is 19.8. The van der Waals surface area contributed by atoms with E-state index >= 15 is 0 Å². The molecule has 0 aliphatic carbocycles. The average molecular weight is 396 g/mol. The Labute approximate surface area is 166 Å². The first-order chi connectivity index (χ1) is 13.6. The van der Waals surface area contributed by atoms with E-state index in [4.69, 9.17) is 9.47 Å². The van der Waals surface area contributed by atoms with Crippen LogP contribution < -0.4 is 10.3 Å². The van der Waals surface area contributed by atoms with Gasteiger partial charge in [-0.15, -0.1) is 0 Å². The van der Waals surface area contributed by atoms with E-state index in [0.29, 0.717) is 28.8 Å². The van der Waals surface area contributed by atoms with Crippen molar-refractivity contribution in [2.24, 2.45) is 0 Å². The number of rotatable bonds is 8. The summed E-state index contributed by atoms with van der Waals surface area (Å²) in [6, 6.07) is 18.0. The number of ether oxygens (including phenoxy) is 2. The van der Waals surface area contributed by atoms with Gasteiger partial charge in [-0.05, 0) is 36.8 Å². The number of H-pyrrole nitrogens is 1. The van der Waals surface area contributed by atoms with Crippen LogP contribution in [0.3, 0.4) is 0 Å². The third kappa shape index (κ3) is 5.72. The third-order valence-corrected chi connectivity index (χ3v) is 4.69. The van der Waals surface area contributed by atoms with Gasteiger partial charge < -0.3 is 14.5 Å². The third-order valence-electron chi connectivity index (χ3n) is 3.74. The van der Waals surface area contributed by atoms with Crippen molar-refractivity contribution in [3.05, 3.63) is 87.8 Å². The quantitative estimate of drug-likeness (QED) is 0.354. The predicted octanol–water partition coefficient (Wildman–Crippen LogP) is 3.82. The number of benzene rings is 2. The second-order valence-corrected chi connectivity index (χ2v) is 6.81. The molecule has 0 saturated carbocycles. The summed E-state index contributed by atoms with van der Waals surface area (Å²) in [5.41, 5.74) is 1.86. The molecule has 144 valence electrons. The van der Waals surface area contributed by atoms with Gasteiger partial charge in [-0.25, -0.2) is 9.78 Å². The van der Waals surface area contributed by atoms with E-state index in [1.807, 2.05) is 42.5 Å². The number of carbonyl (C=O) groups is 1. The van der Waals surface area contributed by atoms with Crippen LogP contribution in [0.2, 0.25) is 0 Å². The largest absolute Gasteiger partial charge is 0.487 e. The van der Waals surface area contributed by atoms with Gasteiger partial charge in [-0.2, -0.15) is 0 Å². The normalized spacial score (nSPS) is 10.5. The Morgan fingerprint density at radius 2 is 1.86 bits per heavy atom. The molecular weight excluding hydrogens is 376 g/mol. The minimum absolute atomic E-state index is 0.218. The molecule has 3 aromatic rings. The maximum absolute atomic E-state index is 11.9. The van der Waals surface area contributed by atoms with E-state index in [1.54, 1.807) is 19.1 Å². The van der Waals surface area contributed by atoms with Crippen LogP contribution in [0.5, 0.6) is 5.75 Å². The summed E-state index contributed by atoms with van der Waals surface area (Å²) in [4.78, 5) is 30.8. The lowest BCUT2D eigenvalue weighted by atomic mass is 10.1. The molecular formula is C21H20N2O4S. The zero-order valence-corrected chi connectivity index (χ0v) is 16.2. The number of hydrogen-bond donors (Lipinski definition) is 1. The van der Waals surface area contributed by atoms with Gasteiger partial charge in [0.25, 0.3) is 5.56 Å². The maximum atomic E-state index is 11.9. The predicted molar refractivity (Wildman–Crippen MR) is 108 cm³/mol. The Bertz CT molecular complexity index is 972. The van der Waals surface area contributed by atoms with Crippen molar-refractivity contribution < 1.29 is 14.3 Å². The number of aromatic nitrogens is 2. The number of aromatic amines is 1. The molecule has 1 N–H and O–H groups in total. The Hall–Kier alpha value is -3.06. The molecule has 0 amide bonds. The van der Waals surface area contributed by atoms with E-state index in [9.17, 15) is 9.59 Å². The highest BCUT2D eigenvalue weighted by Gasteiger charge is 2.07. The number of nitrogens with one attached hydrogen (secondary N) is 1. The van der Waals surface area contributed by atoms with Crippen molar-refractivity contribution in [3.8, 4) is 5.75 Å². The zero-order valence-electron chi connectivity index (χ0n) is 15.4. The lowest BCUT2D eigenvalue weighted by Gasteiger charge is -2.07. The highest BCUT2D eigenvalue weighted by Crippen LogP contribution is 2.19. The van der Waals surface area contributed by atoms with Crippen LogP contribution in [0.25, 0.3) is 0 Å². The first kappa shape index (κ1) is 19.7. The van der Waals surface area contributed by atoms with Crippen LogP contribution in [0.1, 0.15) is 28.5 Å². The molecule has 1 aromatic heterocycles. The first-order valence-electron chi connectivity index (χ1n) is 8.81. The smallest absolute Gasteiger partial charge is 0.338 e. The molecule has 0 spiro atoms. The first-order valence-corrected chi connectivity index (χ1v) is 9.79. The second kappa shape index (κ2) is 9.75. The Balaban J connectivity index is 1.60. The Morgan fingerprint density at radius 3 is 2.57 bits per heavy atom. The van der Waals surface area contributed by atoms with Crippen LogP contribution in [0.4, 0.5) is 0 Å². The van der Waals surface area contributed by atoms with Crippen LogP contribution in [-0.2, 0) is 17.1 Å². The molecule has 0 bridgehead atoms. The Morgan fingerprint density at radius 1 is 1.11 bits per heavy atom. The van der Waals surface area contributed by atoms with Gasteiger partial charge in [-0.1, -0.05) is 42.1 Å². The second-order valence-electron chi connectivity index (χ2n) is 5.85. The van der Waals surface area contributed by atoms with Gasteiger partial charge in [0.2, 0.25) is 0 Å². The Kier molecular flexibility index (Phi) is 6.86. The van der Waals surface area contributed by atoms with Gasteiger partial charge in [0.1, 0.15) is 12.4 Å². The van der Waals surface area contributed by atoms with Gasteiger partial charge in [-0.3, -0.25) is 4.79 Å². The summed E-state index contributed by atoms with van der Waals surface area (Å²) in [6.07, 6.45) is 0. The molecule has 0 fully saturated rings. The summed E-state index contributed by atoms with van der Waals surface area (Å²) in [5.74, 6) is 0.994. The van der Waals surface area contributed by atoms with E-state index < -0.39 is 0 Å². The fourth-order valence-corrected chi connectivity index (χ4v) is 3.25. The van der Waals surface area contributed by atoms with Crippen LogP contribution in [0, 0.1) is 0 Å². The van der Waals surface area contributed by atoms with Gasteiger partial charge in [0.15, 0.2) is 5.16 Å². The molecule has 0 aliphatic rings. The number of hydrogen-bond acceptors (Lipinski definition) is 6. The summed E-state index contributed by atoms with van der Waals surface area (Å²) in [7, 11) is 0. The van der Waals surface area contributed by atoms with E-state index in [-0.39, 0.29) is 18.1 Å². The minimum Gasteiger partial charge on any atom is -0.487 e. The molecule has 28 heavy (non-hydrogen) atoms. The SMILES string of the molecule is CCOC(=O)c1ccc(CSc2nc(COc3ccccc3)cc(=O)[nH]2)cc1. The van der Waals surface area contributed by atoms with Gasteiger partial charge in [0, 0.05) is 11.8 Å². The molecule has 0 aliphatic heterocycles. The van der Waals surface area contributed by atoms with Crippen molar-refractivity contribution in [1.29, 1.82) is 0 Å². The molecule has 6 nitrogen and oxygen atoms in total. The molecule has 2 aromatic carbocycles. The summed E-state index contributed by atoms with van der Waals surface area (Å²) < 4.78 is 10.6. The fourth-order valence-electron chi connectivity index (χ4n) is 2.40. The molecule has 0 radical (unpaired) electrons. The van der Waals surface area contributed by atoms with Gasteiger partial charge >= 0.3 is 5.97 Å². The molecule has 3 rings (SSSR count). The van der Waals surface area contributed by atoms with Crippen molar-refractivity contribution in [3.63, 3.8) is 0 Å². The average Bonchev–Trinajstić information content (AvgIpc) is 2.72. The molecule has 0 saturated heterocycles. The summed E-state index contributed by atoms with van der Waals surface area (Å²) in [6.45, 7) is 2.34. The van der Waals surface area contributed by atoms with E-state index in [2.05, 4.69) is 9.97 Å². The monoisotopic (exact) mass is 396 g/mol. The molecule has 7 heteroatoms.